The quantitative estimate of drug-likeness (QED) is 0.583. The van der Waals surface area contributed by atoms with E-state index in [0.717, 1.165) is 19.3 Å². The van der Waals surface area contributed by atoms with E-state index in [1.54, 1.807) is 0 Å². The van der Waals surface area contributed by atoms with Crippen LogP contribution >= 0.6 is 0 Å². The lowest BCUT2D eigenvalue weighted by molar-refractivity contribution is -0.127. The first-order chi connectivity index (χ1) is 4.79. The molecule has 0 bridgehead atoms. The molecule has 2 rings (SSSR count). The van der Waals surface area contributed by atoms with Gasteiger partial charge in [0.05, 0.1) is 12.0 Å². The molecule has 2 heteroatoms. The minimum Gasteiger partial charge on any atom is -0.395 e. The highest BCUT2D eigenvalue weighted by Gasteiger charge is 2.59. The number of Topliss-reactive ketones (excluding diaryl/α,β-unsaturated/α-hetero) is 1. The standard InChI is InChI=1S/C8H12O2/c9-5-8-4-6(8)2-1-3-7(8)10/h6,9H,1-5H2. The Labute approximate surface area is 60.2 Å². The fraction of sp³-hybridized carbons (Fsp3) is 0.875. The third kappa shape index (κ3) is 0.601. The minimum absolute atomic E-state index is 0.0938. The van der Waals surface area contributed by atoms with E-state index in [4.69, 9.17) is 5.11 Å². The maximum Gasteiger partial charge on any atom is 0.141 e. The molecule has 0 aliphatic heterocycles. The summed E-state index contributed by atoms with van der Waals surface area (Å²) >= 11 is 0. The first-order valence-electron chi connectivity index (χ1n) is 3.94. The van der Waals surface area contributed by atoms with Crippen LogP contribution in [0, 0.1) is 11.3 Å². The minimum atomic E-state index is -0.238. The molecule has 0 saturated heterocycles. The summed E-state index contributed by atoms with van der Waals surface area (Å²) in [7, 11) is 0. The third-order valence-corrected chi connectivity index (χ3v) is 3.03. The molecule has 0 spiro atoms. The Kier molecular flexibility index (Phi) is 1.15. The average Bonchev–Trinajstić information content (AvgIpc) is 2.65. The van der Waals surface area contributed by atoms with Gasteiger partial charge in [-0.2, -0.15) is 0 Å². The second kappa shape index (κ2) is 1.82. The Bertz CT molecular complexity index is 176. The molecule has 0 aromatic carbocycles. The van der Waals surface area contributed by atoms with Gasteiger partial charge in [-0.15, -0.1) is 0 Å². The highest BCUT2D eigenvalue weighted by Crippen LogP contribution is 2.58. The summed E-state index contributed by atoms with van der Waals surface area (Å²) in [5.74, 6) is 0.852. The second-order valence-electron chi connectivity index (χ2n) is 3.53. The molecule has 0 radical (unpaired) electrons. The summed E-state index contributed by atoms with van der Waals surface area (Å²) in [5.41, 5.74) is -0.238. The van der Waals surface area contributed by atoms with Crippen LogP contribution in [0.2, 0.25) is 0 Å². The Morgan fingerprint density at radius 1 is 1.70 bits per heavy atom. The lowest BCUT2D eigenvalue weighted by Crippen LogP contribution is -2.25. The molecular weight excluding hydrogens is 128 g/mol. The first kappa shape index (κ1) is 6.35. The maximum atomic E-state index is 11.2. The van der Waals surface area contributed by atoms with Crippen LogP contribution < -0.4 is 0 Å². The lowest BCUT2D eigenvalue weighted by atomic mass is 9.88. The number of fused-ring (bicyclic) bond motifs is 1. The van der Waals surface area contributed by atoms with Gasteiger partial charge >= 0.3 is 0 Å². The van der Waals surface area contributed by atoms with Crippen molar-refractivity contribution in [3.05, 3.63) is 0 Å². The summed E-state index contributed by atoms with van der Waals surface area (Å²) in [5, 5.41) is 8.94. The van der Waals surface area contributed by atoms with Gasteiger partial charge in [-0.1, -0.05) is 0 Å². The summed E-state index contributed by atoms with van der Waals surface area (Å²) in [6, 6.07) is 0. The SMILES string of the molecule is O=C1CCCC2CC12CO. The van der Waals surface area contributed by atoms with E-state index >= 15 is 0 Å². The summed E-state index contributed by atoms with van der Waals surface area (Å²) in [6.45, 7) is 0.0938. The molecule has 0 aromatic rings. The molecule has 1 N–H and O–H groups in total. The van der Waals surface area contributed by atoms with Crippen LogP contribution in [0.5, 0.6) is 0 Å². The number of aliphatic hydroxyl groups is 1. The predicted octanol–water partition coefficient (Wildman–Crippen LogP) is 0.738. The Balaban J connectivity index is 2.17. The molecule has 2 nitrogen and oxygen atoms in total. The Morgan fingerprint density at radius 2 is 2.50 bits per heavy atom. The highest BCUT2D eigenvalue weighted by molar-refractivity contribution is 5.89. The fourth-order valence-corrected chi connectivity index (χ4v) is 2.14. The summed E-state index contributed by atoms with van der Waals surface area (Å²) < 4.78 is 0. The molecule has 2 unspecified atom stereocenters. The van der Waals surface area contributed by atoms with Crippen molar-refractivity contribution < 1.29 is 9.90 Å². The molecule has 0 amide bonds. The van der Waals surface area contributed by atoms with Crippen molar-refractivity contribution in [2.75, 3.05) is 6.61 Å². The third-order valence-electron chi connectivity index (χ3n) is 3.03. The van der Waals surface area contributed by atoms with Gasteiger partial charge < -0.3 is 5.11 Å². The fourth-order valence-electron chi connectivity index (χ4n) is 2.14. The smallest absolute Gasteiger partial charge is 0.141 e. The number of ketones is 1. The molecule has 2 aliphatic rings. The maximum absolute atomic E-state index is 11.2. The number of carbonyl (C=O) groups excluding carboxylic acids is 1. The zero-order valence-corrected chi connectivity index (χ0v) is 5.97. The normalized spacial score (nSPS) is 44.9. The summed E-state index contributed by atoms with van der Waals surface area (Å²) in [4.78, 5) is 11.2. The summed E-state index contributed by atoms with van der Waals surface area (Å²) in [6.07, 6.45) is 3.87. The van der Waals surface area contributed by atoms with Crippen LogP contribution in [0.3, 0.4) is 0 Å². The largest absolute Gasteiger partial charge is 0.395 e. The second-order valence-corrected chi connectivity index (χ2v) is 3.53. The average molecular weight is 140 g/mol. The molecule has 2 atom stereocenters. The van der Waals surface area contributed by atoms with Gasteiger partial charge in [0, 0.05) is 6.42 Å². The van der Waals surface area contributed by atoms with Gasteiger partial charge in [0.2, 0.25) is 0 Å². The van der Waals surface area contributed by atoms with Gasteiger partial charge in [0.25, 0.3) is 0 Å². The van der Waals surface area contributed by atoms with E-state index in [-0.39, 0.29) is 12.0 Å². The van der Waals surface area contributed by atoms with Crippen molar-refractivity contribution in [2.45, 2.75) is 25.7 Å². The van der Waals surface area contributed by atoms with Crippen molar-refractivity contribution in [1.29, 1.82) is 0 Å². The lowest BCUT2D eigenvalue weighted by Gasteiger charge is -2.17. The van der Waals surface area contributed by atoms with Crippen LogP contribution in [0.25, 0.3) is 0 Å². The van der Waals surface area contributed by atoms with Crippen LogP contribution in [0.15, 0.2) is 0 Å². The van der Waals surface area contributed by atoms with E-state index in [1.807, 2.05) is 0 Å². The topological polar surface area (TPSA) is 37.3 Å². The van der Waals surface area contributed by atoms with Gasteiger partial charge in [-0.25, -0.2) is 0 Å². The first-order valence-corrected chi connectivity index (χ1v) is 3.94. The van der Waals surface area contributed by atoms with E-state index in [0.29, 0.717) is 18.1 Å². The van der Waals surface area contributed by atoms with Crippen LogP contribution in [-0.2, 0) is 4.79 Å². The van der Waals surface area contributed by atoms with Crippen molar-refractivity contribution in [2.24, 2.45) is 11.3 Å². The number of hydrogen-bond donors (Lipinski definition) is 1. The number of carbonyl (C=O) groups is 1. The van der Waals surface area contributed by atoms with Gasteiger partial charge in [-0.3, -0.25) is 4.79 Å². The molecule has 2 saturated carbocycles. The molecule has 0 heterocycles. The number of hydrogen-bond acceptors (Lipinski definition) is 2. The van der Waals surface area contributed by atoms with Gasteiger partial charge in [0.1, 0.15) is 5.78 Å². The van der Waals surface area contributed by atoms with E-state index in [2.05, 4.69) is 0 Å². The van der Waals surface area contributed by atoms with Crippen LogP contribution in [0.4, 0.5) is 0 Å². The zero-order valence-electron chi connectivity index (χ0n) is 5.97. The molecular formula is C8H12O2. The van der Waals surface area contributed by atoms with E-state index in [9.17, 15) is 4.79 Å². The monoisotopic (exact) mass is 140 g/mol. The van der Waals surface area contributed by atoms with Crippen LogP contribution in [0.1, 0.15) is 25.7 Å². The Hall–Kier alpha value is -0.370. The molecule has 0 aromatic heterocycles. The van der Waals surface area contributed by atoms with Gasteiger partial charge in [-0.05, 0) is 25.2 Å². The predicted molar refractivity (Wildman–Crippen MR) is 36.5 cm³/mol. The number of rotatable bonds is 1. The Morgan fingerprint density at radius 3 is 3.00 bits per heavy atom. The zero-order chi connectivity index (χ0) is 7.19. The molecule has 2 aliphatic carbocycles. The van der Waals surface area contributed by atoms with Crippen LogP contribution in [-0.4, -0.2) is 17.5 Å². The number of aliphatic hydroxyl groups excluding tert-OH is 1. The van der Waals surface area contributed by atoms with Crippen molar-refractivity contribution in [1.82, 2.24) is 0 Å². The molecule has 56 valence electrons. The van der Waals surface area contributed by atoms with Crippen molar-refractivity contribution >= 4 is 5.78 Å². The van der Waals surface area contributed by atoms with E-state index < -0.39 is 0 Å². The molecule has 10 heavy (non-hydrogen) atoms. The van der Waals surface area contributed by atoms with Crippen molar-refractivity contribution in [3.63, 3.8) is 0 Å². The van der Waals surface area contributed by atoms with E-state index in [1.165, 1.54) is 0 Å². The highest BCUT2D eigenvalue weighted by atomic mass is 16.3. The van der Waals surface area contributed by atoms with Gasteiger partial charge in [0.15, 0.2) is 0 Å². The molecule has 2 fully saturated rings. The van der Waals surface area contributed by atoms with Crippen molar-refractivity contribution in [3.8, 4) is 0 Å².